The largest absolute Gasteiger partial charge is 0.368 e. The lowest BCUT2D eigenvalue weighted by molar-refractivity contribution is -0.125. The Morgan fingerprint density at radius 1 is 0.381 bits per heavy atom. The van der Waals surface area contributed by atoms with Crippen LogP contribution in [0.2, 0.25) is 0 Å². The number of amides is 4. The minimum Gasteiger partial charge on any atom is -0.368 e. The van der Waals surface area contributed by atoms with Crippen molar-refractivity contribution in [1.29, 1.82) is 0 Å². The number of nitrogens with two attached hydrogens (primary N) is 1. The van der Waals surface area contributed by atoms with E-state index in [1.807, 2.05) is 4.90 Å². The van der Waals surface area contributed by atoms with Crippen LogP contribution in [0.15, 0.2) is 0 Å². The van der Waals surface area contributed by atoms with Crippen molar-refractivity contribution in [2.75, 3.05) is 65.4 Å². The molecule has 372 valence electrons. The first kappa shape index (κ1) is 60.8. The van der Waals surface area contributed by atoms with Crippen LogP contribution in [0.5, 0.6) is 0 Å². The molecule has 0 aliphatic heterocycles. The SMILES string of the molecule is CCCCCCCCCCCCNC(=O)CCNCCN(CCC(=O)NCCCCCCCCCCCC)CCN(CCC(=O)NCCCCCCCCCCCC)C(C)C(N)=O. The van der Waals surface area contributed by atoms with Crippen molar-refractivity contribution in [2.24, 2.45) is 5.73 Å². The maximum absolute atomic E-state index is 12.9. The molecule has 0 aliphatic rings. The zero-order valence-electron chi connectivity index (χ0n) is 42.1. The fraction of sp³-hybridized carbons (Fsp3) is 0.923. The molecule has 1 atom stereocenters. The zero-order valence-corrected chi connectivity index (χ0v) is 42.1. The van der Waals surface area contributed by atoms with Crippen molar-refractivity contribution >= 4 is 23.6 Å². The maximum atomic E-state index is 12.9. The average molecular weight is 892 g/mol. The van der Waals surface area contributed by atoms with Crippen LogP contribution >= 0.6 is 0 Å². The van der Waals surface area contributed by atoms with Gasteiger partial charge in [-0.3, -0.25) is 24.1 Å². The van der Waals surface area contributed by atoms with E-state index in [4.69, 9.17) is 5.73 Å². The number of nitrogens with one attached hydrogen (secondary N) is 4. The van der Waals surface area contributed by atoms with Gasteiger partial charge in [-0.05, 0) is 26.2 Å². The van der Waals surface area contributed by atoms with Gasteiger partial charge in [-0.25, -0.2) is 0 Å². The monoisotopic (exact) mass is 892 g/mol. The van der Waals surface area contributed by atoms with Crippen LogP contribution in [0, 0.1) is 0 Å². The van der Waals surface area contributed by atoms with Crippen LogP contribution in [-0.4, -0.2) is 105 Å². The van der Waals surface area contributed by atoms with E-state index in [0.29, 0.717) is 78.2 Å². The molecular weight excluding hydrogens is 787 g/mol. The summed E-state index contributed by atoms with van der Waals surface area (Å²) in [6, 6.07) is -0.511. The molecule has 0 aromatic rings. The molecule has 0 aromatic heterocycles. The minimum absolute atomic E-state index is 0.000246. The highest BCUT2D eigenvalue weighted by atomic mass is 16.2. The number of rotatable bonds is 50. The first-order valence-corrected chi connectivity index (χ1v) is 27.0. The van der Waals surface area contributed by atoms with Crippen LogP contribution in [0.4, 0.5) is 0 Å². The summed E-state index contributed by atoms with van der Waals surface area (Å²) in [5, 5.41) is 12.7. The minimum atomic E-state index is -0.511. The standard InChI is InChI=1S/C52H105N7O4/c1-5-8-11-14-17-20-23-26-29-32-38-55-49(60)35-41-54-42-45-58(43-36-50(61)56-39-33-30-27-24-21-18-15-12-9-6-2)46-47-59(48(4)52(53)63)44-37-51(62)57-40-34-31-28-25-22-19-16-13-10-7-3/h48,54H,5-47H2,1-4H3,(H2,53,63)(H,55,60)(H,56,61)(H,57,62). The van der Waals surface area contributed by atoms with Gasteiger partial charge in [0.25, 0.3) is 0 Å². The number of carbonyl (C=O) groups excluding carboxylic acids is 4. The number of primary amides is 1. The van der Waals surface area contributed by atoms with E-state index < -0.39 is 11.9 Å². The lowest BCUT2D eigenvalue weighted by atomic mass is 10.1. The second kappa shape index (κ2) is 47.7. The van der Waals surface area contributed by atoms with E-state index in [9.17, 15) is 19.2 Å². The summed E-state index contributed by atoms with van der Waals surface area (Å²) in [4.78, 5) is 54.7. The predicted octanol–water partition coefficient (Wildman–Crippen LogP) is 10.3. The number of hydrogen-bond donors (Lipinski definition) is 5. The van der Waals surface area contributed by atoms with Crippen molar-refractivity contribution in [1.82, 2.24) is 31.1 Å². The van der Waals surface area contributed by atoms with Gasteiger partial charge >= 0.3 is 0 Å². The topological polar surface area (TPSA) is 149 Å². The van der Waals surface area contributed by atoms with Crippen LogP contribution in [0.3, 0.4) is 0 Å². The second-order valence-electron chi connectivity index (χ2n) is 18.6. The van der Waals surface area contributed by atoms with Gasteiger partial charge in [-0.15, -0.1) is 0 Å². The highest BCUT2D eigenvalue weighted by Crippen LogP contribution is 2.13. The molecule has 0 fully saturated rings. The fourth-order valence-electron chi connectivity index (χ4n) is 8.14. The Bertz CT molecular complexity index is 1050. The van der Waals surface area contributed by atoms with Gasteiger partial charge in [-0.1, -0.05) is 194 Å². The lowest BCUT2D eigenvalue weighted by Crippen LogP contribution is -2.48. The molecule has 0 aliphatic carbocycles. The summed E-state index contributed by atoms with van der Waals surface area (Å²) >= 11 is 0. The normalized spacial score (nSPS) is 12.0. The van der Waals surface area contributed by atoms with Gasteiger partial charge in [0, 0.05) is 84.7 Å². The van der Waals surface area contributed by atoms with Gasteiger partial charge in [0.1, 0.15) is 0 Å². The summed E-state index contributed by atoms with van der Waals surface area (Å²) in [7, 11) is 0. The maximum Gasteiger partial charge on any atom is 0.234 e. The van der Waals surface area contributed by atoms with Crippen LogP contribution < -0.4 is 27.0 Å². The van der Waals surface area contributed by atoms with Crippen LogP contribution in [0.25, 0.3) is 0 Å². The molecule has 63 heavy (non-hydrogen) atoms. The van der Waals surface area contributed by atoms with E-state index in [0.717, 1.165) is 38.6 Å². The van der Waals surface area contributed by atoms with Crippen LogP contribution in [0.1, 0.15) is 240 Å². The number of hydrogen-bond acceptors (Lipinski definition) is 7. The molecule has 0 aromatic carbocycles. The number of carbonyl (C=O) groups is 4. The molecule has 0 spiro atoms. The smallest absolute Gasteiger partial charge is 0.234 e. The van der Waals surface area contributed by atoms with Crippen molar-refractivity contribution in [2.45, 2.75) is 246 Å². The molecule has 0 bridgehead atoms. The molecular formula is C52H105N7O4. The number of nitrogens with zero attached hydrogens (tertiary/aromatic N) is 2. The highest BCUT2D eigenvalue weighted by Gasteiger charge is 2.21. The quantitative estimate of drug-likeness (QED) is 0.0382. The van der Waals surface area contributed by atoms with Gasteiger partial charge < -0.3 is 31.9 Å². The van der Waals surface area contributed by atoms with Gasteiger partial charge in [0.05, 0.1) is 6.04 Å². The molecule has 0 rings (SSSR count). The summed E-state index contributed by atoms with van der Waals surface area (Å²) < 4.78 is 0. The molecule has 0 heterocycles. The fourth-order valence-corrected chi connectivity index (χ4v) is 8.14. The molecule has 0 saturated carbocycles. The molecule has 0 saturated heterocycles. The van der Waals surface area contributed by atoms with E-state index >= 15 is 0 Å². The van der Waals surface area contributed by atoms with Crippen LogP contribution in [-0.2, 0) is 19.2 Å². The third-order valence-corrected chi connectivity index (χ3v) is 12.6. The first-order valence-electron chi connectivity index (χ1n) is 27.0. The van der Waals surface area contributed by atoms with Gasteiger partial charge in [0.2, 0.25) is 23.6 Å². The Kier molecular flexibility index (Phi) is 46.0. The Balaban J connectivity index is 4.77. The molecule has 6 N–H and O–H groups in total. The van der Waals surface area contributed by atoms with Gasteiger partial charge in [-0.2, -0.15) is 0 Å². The van der Waals surface area contributed by atoms with E-state index in [-0.39, 0.29) is 17.7 Å². The van der Waals surface area contributed by atoms with Gasteiger partial charge in [0.15, 0.2) is 0 Å². The summed E-state index contributed by atoms with van der Waals surface area (Å²) in [5.41, 5.74) is 5.77. The average Bonchev–Trinajstić information content (AvgIpc) is 3.27. The van der Waals surface area contributed by atoms with Crippen molar-refractivity contribution in [3.63, 3.8) is 0 Å². The predicted molar refractivity (Wildman–Crippen MR) is 268 cm³/mol. The molecule has 0 radical (unpaired) electrons. The molecule has 1 unspecified atom stereocenters. The third-order valence-electron chi connectivity index (χ3n) is 12.6. The Morgan fingerprint density at radius 3 is 1.08 bits per heavy atom. The van der Waals surface area contributed by atoms with E-state index in [1.165, 1.54) is 161 Å². The van der Waals surface area contributed by atoms with Crippen molar-refractivity contribution < 1.29 is 19.2 Å². The summed E-state index contributed by atoms with van der Waals surface area (Å²) in [6.45, 7) is 14.9. The molecule has 11 nitrogen and oxygen atoms in total. The van der Waals surface area contributed by atoms with E-state index in [2.05, 4.69) is 46.9 Å². The Labute approximate surface area is 389 Å². The Morgan fingerprint density at radius 2 is 0.714 bits per heavy atom. The van der Waals surface area contributed by atoms with E-state index in [1.54, 1.807) is 6.92 Å². The highest BCUT2D eigenvalue weighted by molar-refractivity contribution is 5.80. The summed E-state index contributed by atoms with van der Waals surface area (Å²) in [6.07, 6.45) is 39.2. The zero-order chi connectivity index (χ0) is 46.3. The molecule has 4 amide bonds. The summed E-state index contributed by atoms with van der Waals surface area (Å²) in [5.74, 6) is -0.269. The third kappa shape index (κ3) is 43.4. The second-order valence-corrected chi connectivity index (χ2v) is 18.6. The van der Waals surface area contributed by atoms with Crippen molar-refractivity contribution in [3.8, 4) is 0 Å². The number of unbranched alkanes of at least 4 members (excludes halogenated alkanes) is 27. The Hall–Kier alpha value is -2.24. The van der Waals surface area contributed by atoms with Crippen molar-refractivity contribution in [3.05, 3.63) is 0 Å². The lowest BCUT2D eigenvalue weighted by Gasteiger charge is -2.30. The molecule has 11 heteroatoms. The first-order chi connectivity index (χ1) is 30.7.